The molecule has 1 fully saturated rings. The van der Waals surface area contributed by atoms with E-state index < -0.39 is 0 Å². The Kier molecular flexibility index (Phi) is 5.28. The van der Waals surface area contributed by atoms with Crippen molar-refractivity contribution in [1.29, 1.82) is 0 Å². The summed E-state index contributed by atoms with van der Waals surface area (Å²) < 4.78 is 6.22. The summed E-state index contributed by atoms with van der Waals surface area (Å²) in [5.74, 6) is 0.679. The van der Waals surface area contributed by atoms with Gasteiger partial charge in [-0.3, -0.25) is 4.99 Å². The lowest BCUT2D eigenvalue weighted by Gasteiger charge is -2.24. The third kappa shape index (κ3) is 4.20. The Morgan fingerprint density at radius 2 is 1.91 bits per heavy atom. The van der Waals surface area contributed by atoms with Gasteiger partial charge in [0.25, 0.3) is 0 Å². The first-order valence-corrected chi connectivity index (χ1v) is 8.42. The SMILES string of the molecule is Clc1ccc(N=C(OC2CCCCC2)C2=NC=CCC2)cc1. The van der Waals surface area contributed by atoms with Crippen molar-refractivity contribution < 1.29 is 4.74 Å². The molecule has 3 rings (SSSR count). The number of ether oxygens (including phenoxy) is 1. The van der Waals surface area contributed by atoms with Crippen LogP contribution in [0.15, 0.2) is 46.5 Å². The van der Waals surface area contributed by atoms with Crippen LogP contribution in [0.4, 0.5) is 5.69 Å². The van der Waals surface area contributed by atoms with Gasteiger partial charge in [0.2, 0.25) is 5.90 Å². The van der Waals surface area contributed by atoms with Crippen LogP contribution in [0.3, 0.4) is 0 Å². The van der Waals surface area contributed by atoms with Gasteiger partial charge in [-0.15, -0.1) is 0 Å². The second kappa shape index (κ2) is 7.59. The monoisotopic (exact) mass is 316 g/mol. The fourth-order valence-electron chi connectivity index (χ4n) is 2.80. The molecule has 3 nitrogen and oxygen atoms in total. The number of halogens is 1. The highest BCUT2D eigenvalue weighted by atomic mass is 35.5. The topological polar surface area (TPSA) is 34.0 Å². The van der Waals surface area contributed by atoms with Crippen LogP contribution >= 0.6 is 11.6 Å². The molecule has 1 aromatic rings. The minimum absolute atomic E-state index is 0.272. The molecule has 116 valence electrons. The molecular formula is C18H21ClN2O. The average Bonchev–Trinajstić information content (AvgIpc) is 2.58. The molecule has 1 aliphatic heterocycles. The molecule has 0 radical (unpaired) electrons. The Labute approximate surface area is 136 Å². The molecular weight excluding hydrogens is 296 g/mol. The molecule has 1 aliphatic carbocycles. The molecule has 1 heterocycles. The highest BCUT2D eigenvalue weighted by Crippen LogP contribution is 2.23. The predicted octanol–water partition coefficient (Wildman–Crippen LogP) is 5.47. The Morgan fingerprint density at radius 3 is 2.59 bits per heavy atom. The van der Waals surface area contributed by atoms with E-state index in [0.717, 1.165) is 37.1 Å². The van der Waals surface area contributed by atoms with Crippen molar-refractivity contribution in [1.82, 2.24) is 0 Å². The summed E-state index contributed by atoms with van der Waals surface area (Å²) >= 11 is 5.94. The van der Waals surface area contributed by atoms with Crippen LogP contribution in [-0.4, -0.2) is 17.7 Å². The first kappa shape index (κ1) is 15.3. The van der Waals surface area contributed by atoms with E-state index in [1.807, 2.05) is 30.5 Å². The molecule has 0 unspecified atom stereocenters. The molecule has 0 spiro atoms. The Bertz CT molecular complexity index is 584. The number of nitrogens with zero attached hydrogens (tertiary/aromatic N) is 2. The summed E-state index contributed by atoms with van der Waals surface area (Å²) in [6.07, 6.45) is 12.1. The molecule has 1 aromatic carbocycles. The number of hydrogen-bond donors (Lipinski definition) is 0. The van der Waals surface area contributed by atoms with E-state index in [1.165, 1.54) is 19.3 Å². The van der Waals surface area contributed by atoms with Gasteiger partial charge in [-0.05, 0) is 62.8 Å². The second-order valence-electron chi connectivity index (χ2n) is 5.77. The van der Waals surface area contributed by atoms with Gasteiger partial charge in [0.1, 0.15) is 11.8 Å². The smallest absolute Gasteiger partial charge is 0.236 e. The first-order chi connectivity index (χ1) is 10.8. The van der Waals surface area contributed by atoms with Crippen molar-refractivity contribution in [2.75, 3.05) is 0 Å². The summed E-state index contributed by atoms with van der Waals surface area (Å²) in [5, 5.41) is 0.714. The summed E-state index contributed by atoms with van der Waals surface area (Å²) in [6.45, 7) is 0. The van der Waals surface area contributed by atoms with E-state index in [0.29, 0.717) is 10.9 Å². The fraction of sp³-hybridized carbons (Fsp3) is 0.444. The molecule has 0 atom stereocenters. The third-order valence-electron chi connectivity index (χ3n) is 4.02. The lowest BCUT2D eigenvalue weighted by atomic mass is 9.98. The molecule has 0 aromatic heterocycles. The summed E-state index contributed by atoms with van der Waals surface area (Å²) in [5.41, 5.74) is 1.80. The van der Waals surface area contributed by atoms with Crippen molar-refractivity contribution in [2.24, 2.45) is 9.98 Å². The van der Waals surface area contributed by atoms with Gasteiger partial charge in [0.05, 0.1) is 5.69 Å². The van der Waals surface area contributed by atoms with E-state index >= 15 is 0 Å². The van der Waals surface area contributed by atoms with Crippen molar-refractivity contribution in [3.63, 3.8) is 0 Å². The first-order valence-electron chi connectivity index (χ1n) is 8.04. The quantitative estimate of drug-likeness (QED) is 0.538. The lowest BCUT2D eigenvalue weighted by molar-refractivity contribution is 0.146. The van der Waals surface area contributed by atoms with E-state index in [-0.39, 0.29) is 6.10 Å². The fourth-order valence-corrected chi connectivity index (χ4v) is 2.92. The maximum Gasteiger partial charge on any atom is 0.236 e. The van der Waals surface area contributed by atoms with Gasteiger partial charge in [0, 0.05) is 11.2 Å². The van der Waals surface area contributed by atoms with E-state index in [4.69, 9.17) is 16.3 Å². The lowest BCUT2D eigenvalue weighted by Crippen LogP contribution is -2.26. The van der Waals surface area contributed by atoms with Crippen LogP contribution in [0.5, 0.6) is 0 Å². The van der Waals surface area contributed by atoms with Gasteiger partial charge in [-0.1, -0.05) is 24.1 Å². The maximum absolute atomic E-state index is 6.22. The van der Waals surface area contributed by atoms with Crippen molar-refractivity contribution in [3.05, 3.63) is 41.6 Å². The average molecular weight is 317 g/mol. The predicted molar refractivity (Wildman–Crippen MR) is 92.3 cm³/mol. The third-order valence-corrected chi connectivity index (χ3v) is 4.27. The van der Waals surface area contributed by atoms with Crippen molar-refractivity contribution in [3.8, 4) is 0 Å². The van der Waals surface area contributed by atoms with Gasteiger partial charge in [-0.25, -0.2) is 4.99 Å². The zero-order valence-corrected chi connectivity index (χ0v) is 13.4. The summed E-state index contributed by atoms with van der Waals surface area (Å²) in [7, 11) is 0. The molecule has 0 N–H and O–H groups in total. The number of benzene rings is 1. The molecule has 0 bridgehead atoms. The number of hydrogen-bond acceptors (Lipinski definition) is 3. The zero-order chi connectivity index (χ0) is 15.2. The van der Waals surface area contributed by atoms with Crippen molar-refractivity contribution >= 4 is 28.9 Å². The Hall–Kier alpha value is -1.61. The summed E-state index contributed by atoms with van der Waals surface area (Å²) in [6, 6.07) is 7.51. The van der Waals surface area contributed by atoms with Crippen LogP contribution in [-0.2, 0) is 4.74 Å². The number of allylic oxidation sites excluding steroid dienone is 1. The van der Waals surface area contributed by atoms with Crippen LogP contribution in [0.2, 0.25) is 5.02 Å². The number of rotatable bonds is 3. The highest BCUT2D eigenvalue weighted by molar-refractivity contribution is 6.39. The van der Waals surface area contributed by atoms with E-state index in [1.54, 1.807) is 0 Å². The normalized spacial score (nSPS) is 19.9. The van der Waals surface area contributed by atoms with E-state index in [9.17, 15) is 0 Å². The second-order valence-corrected chi connectivity index (χ2v) is 6.21. The zero-order valence-electron chi connectivity index (χ0n) is 12.7. The minimum Gasteiger partial charge on any atom is -0.473 e. The van der Waals surface area contributed by atoms with Crippen LogP contribution in [0.25, 0.3) is 0 Å². The van der Waals surface area contributed by atoms with Crippen molar-refractivity contribution in [2.45, 2.75) is 51.0 Å². The number of aliphatic imine (C=N–C) groups is 2. The van der Waals surface area contributed by atoms with Crippen LogP contribution in [0, 0.1) is 0 Å². The largest absolute Gasteiger partial charge is 0.473 e. The summed E-state index contributed by atoms with van der Waals surface area (Å²) in [4.78, 5) is 9.15. The molecule has 4 heteroatoms. The Morgan fingerprint density at radius 1 is 1.14 bits per heavy atom. The van der Waals surface area contributed by atoms with Gasteiger partial charge >= 0.3 is 0 Å². The molecule has 0 saturated heterocycles. The maximum atomic E-state index is 6.22. The Balaban J connectivity index is 1.82. The van der Waals surface area contributed by atoms with E-state index in [2.05, 4.69) is 16.1 Å². The molecule has 1 saturated carbocycles. The van der Waals surface area contributed by atoms with Gasteiger partial charge in [-0.2, -0.15) is 0 Å². The van der Waals surface area contributed by atoms with Crippen LogP contribution in [0.1, 0.15) is 44.9 Å². The molecule has 0 amide bonds. The molecule has 22 heavy (non-hydrogen) atoms. The van der Waals surface area contributed by atoms with Gasteiger partial charge < -0.3 is 4.74 Å². The van der Waals surface area contributed by atoms with Gasteiger partial charge in [0.15, 0.2) is 0 Å². The molecule has 2 aliphatic rings. The highest BCUT2D eigenvalue weighted by Gasteiger charge is 2.20. The standard InChI is InChI=1S/C18H21ClN2O/c19-14-9-11-15(12-10-14)21-18(17-8-4-5-13-20-17)22-16-6-2-1-3-7-16/h5,9-13,16H,1-4,6-8H2. The minimum atomic E-state index is 0.272. The van der Waals surface area contributed by atoms with Crippen LogP contribution < -0.4 is 0 Å².